The Morgan fingerprint density at radius 2 is 2.33 bits per heavy atom. The van der Waals surface area contributed by atoms with E-state index in [0.29, 0.717) is 6.04 Å². The molecule has 15 heavy (non-hydrogen) atoms. The molecule has 1 N–H and O–H groups in total. The first-order valence-corrected chi connectivity index (χ1v) is 5.95. The molecule has 0 aliphatic rings. The third-order valence-electron chi connectivity index (χ3n) is 2.51. The van der Waals surface area contributed by atoms with Crippen molar-refractivity contribution in [1.29, 1.82) is 0 Å². The van der Waals surface area contributed by atoms with Crippen LogP contribution in [0, 0.1) is 6.92 Å². The summed E-state index contributed by atoms with van der Waals surface area (Å²) in [5.41, 5.74) is 1.21. The Kier molecular flexibility index (Phi) is 3.23. The van der Waals surface area contributed by atoms with Gasteiger partial charge in [-0.25, -0.2) is 0 Å². The van der Waals surface area contributed by atoms with Crippen LogP contribution in [0.25, 0.3) is 0 Å². The minimum absolute atomic E-state index is 0.384. The summed E-state index contributed by atoms with van der Waals surface area (Å²) >= 11 is 1.78. The van der Waals surface area contributed by atoms with Crippen LogP contribution >= 0.6 is 11.3 Å². The molecule has 1 atom stereocenters. The average Bonchev–Trinajstić information content (AvgIpc) is 2.85. The zero-order chi connectivity index (χ0) is 10.7. The fourth-order valence-electron chi connectivity index (χ4n) is 1.47. The molecular weight excluding hydrogens is 206 g/mol. The van der Waals surface area contributed by atoms with Crippen LogP contribution in [0.2, 0.25) is 0 Å². The van der Waals surface area contributed by atoms with E-state index >= 15 is 0 Å². The van der Waals surface area contributed by atoms with Gasteiger partial charge in [0.1, 0.15) is 5.76 Å². The molecule has 0 aliphatic carbocycles. The third kappa shape index (κ3) is 2.49. The van der Waals surface area contributed by atoms with Gasteiger partial charge in [-0.05, 0) is 36.9 Å². The van der Waals surface area contributed by atoms with E-state index in [2.05, 4.69) is 36.7 Å². The zero-order valence-electron chi connectivity index (χ0n) is 8.99. The molecule has 80 valence electrons. The SMILES string of the molecule is Cc1ccoc1CNC(C)c1cccs1. The summed E-state index contributed by atoms with van der Waals surface area (Å²) < 4.78 is 5.37. The van der Waals surface area contributed by atoms with Crippen molar-refractivity contribution in [3.05, 3.63) is 46.0 Å². The fourth-order valence-corrected chi connectivity index (χ4v) is 2.23. The number of hydrogen-bond donors (Lipinski definition) is 1. The van der Waals surface area contributed by atoms with Crippen LogP contribution < -0.4 is 5.32 Å². The van der Waals surface area contributed by atoms with E-state index in [0.717, 1.165) is 12.3 Å². The van der Waals surface area contributed by atoms with Gasteiger partial charge >= 0.3 is 0 Å². The first-order valence-electron chi connectivity index (χ1n) is 5.07. The maximum atomic E-state index is 5.37. The lowest BCUT2D eigenvalue weighted by molar-refractivity contribution is 0.460. The molecule has 0 fully saturated rings. The highest BCUT2D eigenvalue weighted by Gasteiger charge is 2.07. The molecule has 3 heteroatoms. The smallest absolute Gasteiger partial charge is 0.120 e. The van der Waals surface area contributed by atoms with Crippen molar-refractivity contribution in [2.45, 2.75) is 26.4 Å². The Morgan fingerprint density at radius 3 is 2.93 bits per heavy atom. The lowest BCUT2D eigenvalue weighted by Gasteiger charge is -2.10. The summed E-state index contributed by atoms with van der Waals surface area (Å²) in [4.78, 5) is 1.36. The minimum Gasteiger partial charge on any atom is -0.468 e. The summed E-state index contributed by atoms with van der Waals surface area (Å²) in [5.74, 6) is 1.03. The van der Waals surface area contributed by atoms with E-state index in [1.807, 2.05) is 6.07 Å². The van der Waals surface area contributed by atoms with Crippen molar-refractivity contribution >= 4 is 11.3 Å². The quantitative estimate of drug-likeness (QED) is 0.854. The van der Waals surface area contributed by atoms with Crippen LogP contribution in [0.5, 0.6) is 0 Å². The number of nitrogens with one attached hydrogen (secondary N) is 1. The molecule has 2 nitrogen and oxygen atoms in total. The Bertz CT molecular complexity index is 405. The fraction of sp³-hybridized carbons (Fsp3) is 0.333. The molecule has 0 amide bonds. The molecule has 0 bridgehead atoms. The molecule has 1 unspecified atom stereocenters. The van der Waals surface area contributed by atoms with Gasteiger partial charge in [0.25, 0.3) is 0 Å². The van der Waals surface area contributed by atoms with Gasteiger partial charge in [-0.2, -0.15) is 0 Å². The molecule has 0 spiro atoms. The van der Waals surface area contributed by atoms with Crippen LogP contribution in [-0.4, -0.2) is 0 Å². The summed E-state index contributed by atoms with van der Waals surface area (Å²) in [6, 6.07) is 6.61. The standard InChI is InChI=1S/C12H15NOS/c1-9-5-6-14-11(9)8-13-10(2)12-4-3-7-15-12/h3-7,10,13H,8H2,1-2H3. The molecular formula is C12H15NOS. The number of furan rings is 1. The Balaban J connectivity index is 1.91. The predicted octanol–water partition coefficient (Wildman–Crippen LogP) is 3.50. The Morgan fingerprint density at radius 1 is 1.47 bits per heavy atom. The van der Waals surface area contributed by atoms with E-state index in [4.69, 9.17) is 4.42 Å². The van der Waals surface area contributed by atoms with Gasteiger partial charge in [0.2, 0.25) is 0 Å². The van der Waals surface area contributed by atoms with Crippen molar-refractivity contribution in [2.75, 3.05) is 0 Å². The second-order valence-corrected chi connectivity index (χ2v) is 4.62. The Labute approximate surface area is 93.9 Å². The van der Waals surface area contributed by atoms with Crippen LogP contribution in [0.3, 0.4) is 0 Å². The largest absolute Gasteiger partial charge is 0.468 e. The number of hydrogen-bond acceptors (Lipinski definition) is 3. The van der Waals surface area contributed by atoms with Gasteiger partial charge in [-0.3, -0.25) is 0 Å². The predicted molar refractivity (Wildman–Crippen MR) is 63.0 cm³/mol. The molecule has 0 saturated heterocycles. The van der Waals surface area contributed by atoms with E-state index < -0.39 is 0 Å². The zero-order valence-corrected chi connectivity index (χ0v) is 9.80. The first kappa shape index (κ1) is 10.5. The Hall–Kier alpha value is -1.06. The van der Waals surface area contributed by atoms with Crippen molar-refractivity contribution in [3.63, 3.8) is 0 Å². The maximum Gasteiger partial charge on any atom is 0.120 e. The van der Waals surface area contributed by atoms with Gasteiger partial charge in [0, 0.05) is 10.9 Å². The van der Waals surface area contributed by atoms with Gasteiger partial charge in [-0.1, -0.05) is 6.07 Å². The van der Waals surface area contributed by atoms with Crippen LogP contribution in [0.4, 0.5) is 0 Å². The van der Waals surface area contributed by atoms with E-state index in [-0.39, 0.29) is 0 Å². The lowest BCUT2D eigenvalue weighted by Crippen LogP contribution is -2.17. The topological polar surface area (TPSA) is 25.2 Å². The van der Waals surface area contributed by atoms with Crippen LogP contribution in [0.15, 0.2) is 34.3 Å². The van der Waals surface area contributed by atoms with Crippen LogP contribution in [-0.2, 0) is 6.54 Å². The lowest BCUT2D eigenvalue weighted by atomic mass is 10.2. The highest BCUT2D eigenvalue weighted by atomic mass is 32.1. The molecule has 0 aliphatic heterocycles. The number of thiophene rings is 1. The molecule has 2 rings (SSSR count). The summed E-state index contributed by atoms with van der Waals surface area (Å²) in [7, 11) is 0. The van der Waals surface area contributed by atoms with Gasteiger partial charge in [0.15, 0.2) is 0 Å². The summed E-state index contributed by atoms with van der Waals surface area (Å²) in [6.07, 6.45) is 1.74. The van der Waals surface area contributed by atoms with Gasteiger partial charge < -0.3 is 9.73 Å². The normalized spacial score (nSPS) is 12.9. The van der Waals surface area contributed by atoms with E-state index in [9.17, 15) is 0 Å². The van der Waals surface area contributed by atoms with E-state index in [1.165, 1.54) is 10.4 Å². The highest BCUT2D eigenvalue weighted by molar-refractivity contribution is 7.10. The van der Waals surface area contributed by atoms with Gasteiger partial charge in [-0.15, -0.1) is 11.3 Å². The highest BCUT2D eigenvalue weighted by Crippen LogP contribution is 2.19. The van der Waals surface area contributed by atoms with E-state index in [1.54, 1.807) is 17.6 Å². The second-order valence-electron chi connectivity index (χ2n) is 3.64. The molecule has 2 aromatic heterocycles. The first-order chi connectivity index (χ1) is 7.27. The number of rotatable bonds is 4. The molecule has 0 radical (unpaired) electrons. The number of aryl methyl sites for hydroxylation is 1. The molecule has 0 aromatic carbocycles. The second kappa shape index (κ2) is 4.64. The van der Waals surface area contributed by atoms with Crippen molar-refractivity contribution in [1.82, 2.24) is 5.32 Å². The molecule has 2 aromatic rings. The van der Waals surface area contributed by atoms with Crippen LogP contribution in [0.1, 0.15) is 29.2 Å². The van der Waals surface area contributed by atoms with Crippen molar-refractivity contribution in [3.8, 4) is 0 Å². The summed E-state index contributed by atoms with van der Waals surface area (Å²) in [5, 5.41) is 5.55. The minimum atomic E-state index is 0.384. The molecule has 0 saturated carbocycles. The summed E-state index contributed by atoms with van der Waals surface area (Å²) in [6.45, 7) is 5.03. The van der Waals surface area contributed by atoms with Crippen molar-refractivity contribution in [2.24, 2.45) is 0 Å². The van der Waals surface area contributed by atoms with Gasteiger partial charge in [0.05, 0.1) is 12.8 Å². The third-order valence-corrected chi connectivity index (χ3v) is 3.56. The average molecular weight is 221 g/mol. The monoisotopic (exact) mass is 221 g/mol. The molecule has 2 heterocycles. The maximum absolute atomic E-state index is 5.37. The van der Waals surface area contributed by atoms with Crippen molar-refractivity contribution < 1.29 is 4.42 Å².